The van der Waals surface area contributed by atoms with Gasteiger partial charge in [-0.3, -0.25) is 9.59 Å². The van der Waals surface area contributed by atoms with Crippen molar-refractivity contribution < 1.29 is 28.7 Å². The Hall–Kier alpha value is -4.76. The molecule has 9 nitrogen and oxygen atoms in total. The Balaban J connectivity index is 1.82. The lowest BCUT2D eigenvalue weighted by Gasteiger charge is -2.26. The van der Waals surface area contributed by atoms with Crippen LogP contribution in [0.1, 0.15) is 121 Å². The molecule has 0 aliphatic rings. The first-order valence-corrected chi connectivity index (χ1v) is 18.1. The normalized spacial score (nSPS) is 13.1. The van der Waals surface area contributed by atoms with E-state index in [0.717, 1.165) is 12.8 Å². The second-order valence-corrected chi connectivity index (χ2v) is 14.1. The molecule has 2 amide bonds. The van der Waals surface area contributed by atoms with Crippen LogP contribution in [0.15, 0.2) is 97.1 Å². The van der Waals surface area contributed by atoms with Crippen LogP contribution in [0.25, 0.3) is 0 Å². The Bertz CT molecular complexity index is 1490. The molecule has 0 saturated heterocycles. The summed E-state index contributed by atoms with van der Waals surface area (Å²) in [5.74, 6) is -1.82. The van der Waals surface area contributed by atoms with Gasteiger partial charge in [-0.15, -0.1) is 0 Å². The summed E-state index contributed by atoms with van der Waals surface area (Å²) in [6, 6.07) is 13.3. The zero-order valence-electron chi connectivity index (χ0n) is 32.3. The lowest BCUT2D eigenvalue weighted by atomic mass is 9.98. The highest BCUT2D eigenvalue weighted by Gasteiger charge is 2.29. The topological polar surface area (TPSA) is 114 Å². The molecule has 0 radical (unpaired) electrons. The fourth-order valence-corrected chi connectivity index (χ4v) is 5.34. The van der Waals surface area contributed by atoms with E-state index in [1.165, 1.54) is 11.1 Å². The predicted octanol–water partition coefficient (Wildman–Crippen LogP) is 8.25. The minimum atomic E-state index is -0.863. The lowest BCUT2D eigenvalue weighted by Crippen LogP contribution is -2.33. The van der Waals surface area contributed by atoms with Crippen LogP contribution in [0.2, 0.25) is 0 Å². The number of benzene rings is 2. The number of esters is 2. The molecule has 0 bridgehead atoms. The van der Waals surface area contributed by atoms with E-state index in [1.807, 2.05) is 48.6 Å². The van der Waals surface area contributed by atoms with Gasteiger partial charge >= 0.3 is 11.9 Å². The fourth-order valence-electron chi connectivity index (χ4n) is 5.34. The van der Waals surface area contributed by atoms with Gasteiger partial charge in [0.1, 0.15) is 11.2 Å². The molecule has 282 valence electrons. The summed E-state index contributed by atoms with van der Waals surface area (Å²) in [6.07, 6.45) is 11.5. The van der Waals surface area contributed by atoms with Gasteiger partial charge < -0.3 is 25.0 Å². The summed E-state index contributed by atoms with van der Waals surface area (Å²) in [5.41, 5.74) is 1.58. The van der Waals surface area contributed by atoms with Gasteiger partial charge in [0.05, 0.1) is 22.3 Å². The highest BCUT2D eigenvalue weighted by Crippen LogP contribution is 2.24. The maximum atomic E-state index is 13.1. The zero-order valence-corrected chi connectivity index (χ0v) is 32.3. The summed E-state index contributed by atoms with van der Waals surface area (Å²) in [7, 11) is 1.97. The van der Waals surface area contributed by atoms with E-state index < -0.39 is 23.1 Å². The van der Waals surface area contributed by atoms with Crippen molar-refractivity contribution in [2.24, 2.45) is 0 Å². The Labute approximate surface area is 311 Å². The molecule has 2 aromatic rings. The number of hydrogen-bond acceptors (Lipinski definition) is 7. The maximum Gasteiger partial charge on any atom is 0.339 e. The molecule has 52 heavy (non-hydrogen) atoms. The van der Waals surface area contributed by atoms with Crippen LogP contribution in [0.5, 0.6) is 0 Å². The number of nitrogens with one attached hydrogen (secondary N) is 2. The summed E-state index contributed by atoms with van der Waals surface area (Å²) in [5, 5.41) is 5.83. The molecular formula is C43H59N3O6. The van der Waals surface area contributed by atoms with E-state index in [2.05, 4.69) is 40.8 Å². The number of rotatable bonds is 22. The molecule has 2 N–H and O–H groups in total. The van der Waals surface area contributed by atoms with Crippen LogP contribution < -0.4 is 10.6 Å². The number of nitrogens with zero attached hydrogens (tertiary/aromatic N) is 1. The first-order chi connectivity index (χ1) is 24.6. The average Bonchev–Trinajstić information content (AvgIpc) is 3.11. The molecule has 0 saturated carbocycles. The highest BCUT2D eigenvalue weighted by molar-refractivity contribution is 6.06. The molecule has 2 atom stereocenters. The van der Waals surface area contributed by atoms with E-state index in [4.69, 9.17) is 9.47 Å². The van der Waals surface area contributed by atoms with Gasteiger partial charge in [-0.05, 0) is 137 Å². The highest BCUT2D eigenvalue weighted by atomic mass is 16.6. The fraction of sp³-hybridized carbons (Fsp3) is 0.442. The molecule has 0 fully saturated rings. The van der Waals surface area contributed by atoms with Crippen LogP contribution in [0, 0.1) is 0 Å². The second-order valence-electron chi connectivity index (χ2n) is 14.1. The number of carbonyl (C=O) groups excluding carboxylic acids is 4. The average molecular weight is 714 g/mol. The first kappa shape index (κ1) is 43.4. The number of ether oxygens (including phenoxy) is 2. The molecule has 0 spiro atoms. The van der Waals surface area contributed by atoms with E-state index in [9.17, 15) is 19.2 Å². The van der Waals surface area contributed by atoms with Gasteiger partial charge in [-0.1, -0.05) is 60.7 Å². The van der Waals surface area contributed by atoms with Crippen LogP contribution in [-0.2, 0) is 9.47 Å². The van der Waals surface area contributed by atoms with Crippen LogP contribution in [0.4, 0.5) is 0 Å². The molecule has 2 aromatic carbocycles. The number of hydrogen-bond donors (Lipinski definition) is 2. The van der Waals surface area contributed by atoms with E-state index >= 15 is 0 Å². The van der Waals surface area contributed by atoms with Crippen LogP contribution in [-0.4, -0.2) is 73.1 Å². The van der Waals surface area contributed by atoms with Crippen molar-refractivity contribution in [2.75, 3.05) is 33.2 Å². The lowest BCUT2D eigenvalue weighted by molar-refractivity contribution is 0.00715. The minimum Gasteiger partial charge on any atom is -0.452 e. The Morgan fingerprint density at radius 2 is 1.00 bits per heavy atom. The third-order valence-electron chi connectivity index (χ3n) is 8.69. The smallest absolute Gasteiger partial charge is 0.339 e. The molecular weight excluding hydrogens is 654 g/mol. The van der Waals surface area contributed by atoms with Crippen molar-refractivity contribution in [3.05, 3.63) is 119 Å². The molecule has 0 aliphatic heterocycles. The van der Waals surface area contributed by atoms with E-state index in [0.29, 0.717) is 51.9 Å². The third-order valence-corrected chi connectivity index (χ3v) is 8.69. The number of amides is 2. The molecule has 0 heterocycles. The van der Waals surface area contributed by atoms with Crippen molar-refractivity contribution in [3.8, 4) is 0 Å². The molecule has 0 aliphatic carbocycles. The largest absolute Gasteiger partial charge is 0.452 e. The third kappa shape index (κ3) is 14.8. The molecule has 2 unspecified atom stereocenters. The SMILES string of the molecule is C=CC(C)(CCC=C(C)C)OC(=O)c1ccccc1C(=O)NCCCN(C)CCCNC(=O)c1ccccc1C(=O)OC(C)(C=C)CCC=C(C)C. The van der Waals surface area contributed by atoms with Crippen molar-refractivity contribution in [2.45, 2.75) is 91.3 Å². The van der Waals surface area contributed by atoms with E-state index in [1.54, 1.807) is 60.7 Å². The van der Waals surface area contributed by atoms with Gasteiger partial charge in [0.25, 0.3) is 11.8 Å². The molecule has 9 heteroatoms. The summed E-state index contributed by atoms with van der Waals surface area (Å²) >= 11 is 0. The van der Waals surface area contributed by atoms with Crippen molar-refractivity contribution in [3.63, 3.8) is 0 Å². The van der Waals surface area contributed by atoms with Gasteiger partial charge in [0, 0.05) is 13.1 Å². The standard InChI is InChI=1S/C43H59N3O6/c1-10-42(7,26-16-20-32(3)4)51-40(49)36-24-14-12-22-34(36)38(47)44-28-18-30-46(9)31-19-29-45-39(48)35-23-13-15-25-37(35)41(50)52-43(8,11-2)27-17-21-33(5)6/h10-15,20-25H,1-2,16-19,26-31H2,3-9H3,(H,44,47)(H,45,48). The van der Waals surface area contributed by atoms with Gasteiger partial charge in [-0.2, -0.15) is 0 Å². The minimum absolute atomic E-state index is 0.208. The Morgan fingerprint density at radius 3 is 1.33 bits per heavy atom. The van der Waals surface area contributed by atoms with Crippen LogP contribution in [0.3, 0.4) is 0 Å². The second kappa shape index (κ2) is 21.6. The molecule has 0 aromatic heterocycles. The first-order valence-electron chi connectivity index (χ1n) is 18.1. The Morgan fingerprint density at radius 1 is 0.654 bits per heavy atom. The predicted molar refractivity (Wildman–Crippen MR) is 210 cm³/mol. The van der Waals surface area contributed by atoms with Crippen LogP contribution >= 0.6 is 0 Å². The number of allylic oxidation sites excluding steroid dienone is 4. The van der Waals surface area contributed by atoms with Gasteiger partial charge in [0.2, 0.25) is 0 Å². The summed E-state index contributed by atoms with van der Waals surface area (Å²) in [4.78, 5) is 54.5. The molecule has 2 rings (SSSR count). The van der Waals surface area contributed by atoms with Gasteiger partial charge in [0.15, 0.2) is 0 Å². The van der Waals surface area contributed by atoms with Crippen molar-refractivity contribution in [1.29, 1.82) is 0 Å². The maximum absolute atomic E-state index is 13.1. The monoisotopic (exact) mass is 713 g/mol. The summed E-state index contributed by atoms with van der Waals surface area (Å²) < 4.78 is 11.6. The zero-order chi connectivity index (χ0) is 38.7. The van der Waals surface area contributed by atoms with Crippen molar-refractivity contribution >= 4 is 23.8 Å². The van der Waals surface area contributed by atoms with Gasteiger partial charge in [-0.25, -0.2) is 9.59 Å². The quantitative estimate of drug-likeness (QED) is 0.0718. The Kier molecular flexibility index (Phi) is 18.0. The van der Waals surface area contributed by atoms with E-state index in [-0.39, 0.29) is 34.1 Å². The number of carbonyl (C=O) groups is 4. The van der Waals surface area contributed by atoms with Crippen molar-refractivity contribution in [1.82, 2.24) is 15.5 Å². The summed E-state index contributed by atoms with van der Waals surface area (Å²) in [6.45, 7) is 21.7.